The predicted molar refractivity (Wildman–Crippen MR) is 57.3 cm³/mol. The first-order valence-electron chi connectivity index (χ1n) is 4.35. The summed E-state index contributed by atoms with van der Waals surface area (Å²) in [6.07, 6.45) is -0.873. The van der Waals surface area contributed by atoms with Crippen molar-refractivity contribution in [3.8, 4) is 0 Å². The quantitative estimate of drug-likeness (QED) is 0.596. The van der Waals surface area contributed by atoms with E-state index >= 15 is 0 Å². The van der Waals surface area contributed by atoms with E-state index in [0.717, 1.165) is 11.3 Å². The maximum atomic E-state index is 11.4. The van der Waals surface area contributed by atoms with E-state index in [1.54, 1.807) is 7.05 Å². The third kappa shape index (κ3) is 3.69. The monoisotopic (exact) mass is 245 g/mol. The highest BCUT2D eigenvalue weighted by atomic mass is 32.1. The Bertz CT molecular complexity index is 380. The second-order valence-electron chi connectivity index (χ2n) is 2.59. The van der Waals surface area contributed by atoms with E-state index in [9.17, 15) is 9.59 Å². The molecule has 1 rings (SSSR count). The summed E-state index contributed by atoms with van der Waals surface area (Å²) in [7, 11) is 1.68. The van der Waals surface area contributed by atoms with Gasteiger partial charge in [-0.3, -0.25) is 4.79 Å². The highest BCUT2D eigenvalue weighted by Gasteiger charge is 2.11. The van der Waals surface area contributed by atoms with Gasteiger partial charge in [0, 0.05) is 7.05 Å². The number of carbonyl (C=O) groups excluding carboxylic acids is 2. The Hall–Kier alpha value is -1.90. The molecule has 0 aromatic carbocycles. The number of anilines is 1. The van der Waals surface area contributed by atoms with Gasteiger partial charge in [0.1, 0.15) is 6.61 Å². The maximum absolute atomic E-state index is 11.4. The molecule has 1 heterocycles. The maximum Gasteiger partial charge on any atom is 0.404 e. The number of nitrogens with zero attached hydrogens (tertiary/aromatic N) is 2. The van der Waals surface area contributed by atoms with Crippen molar-refractivity contribution in [2.24, 2.45) is 5.73 Å². The zero-order chi connectivity index (χ0) is 12.0. The van der Waals surface area contributed by atoms with E-state index in [1.165, 1.54) is 0 Å². The van der Waals surface area contributed by atoms with Crippen LogP contribution in [0.25, 0.3) is 0 Å². The summed E-state index contributed by atoms with van der Waals surface area (Å²) < 4.78 is 4.43. The Morgan fingerprint density at radius 3 is 2.81 bits per heavy atom. The minimum atomic E-state index is -0.873. The number of hydrogen-bond donors (Lipinski definition) is 3. The van der Waals surface area contributed by atoms with Gasteiger partial charge in [0.15, 0.2) is 0 Å². The van der Waals surface area contributed by atoms with Crippen LogP contribution in [0.4, 0.5) is 9.93 Å². The van der Waals surface area contributed by atoms with Crippen LogP contribution in [0.1, 0.15) is 9.80 Å². The van der Waals surface area contributed by atoms with Gasteiger partial charge in [0.25, 0.3) is 5.91 Å². The van der Waals surface area contributed by atoms with Crippen molar-refractivity contribution in [3.05, 3.63) is 5.01 Å². The lowest BCUT2D eigenvalue weighted by atomic mass is 10.6. The summed E-state index contributed by atoms with van der Waals surface area (Å²) >= 11 is 1.13. The molecule has 8 nitrogen and oxygen atoms in total. The van der Waals surface area contributed by atoms with Crippen molar-refractivity contribution in [1.29, 1.82) is 0 Å². The molecular weight excluding hydrogens is 234 g/mol. The first-order chi connectivity index (χ1) is 7.63. The molecule has 88 valence electrons. The van der Waals surface area contributed by atoms with E-state index in [0.29, 0.717) is 5.13 Å². The fraction of sp³-hybridized carbons (Fsp3) is 0.429. The molecule has 1 aromatic rings. The molecule has 9 heteroatoms. The third-order valence-electron chi connectivity index (χ3n) is 1.47. The molecule has 0 fully saturated rings. The normalized spacial score (nSPS) is 9.56. The molecular formula is C7H11N5O3S. The highest BCUT2D eigenvalue weighted by Crippen LogP contribution is 2.13. The number of hydrogen-bond acceptors (Lipinski definition) is 7. The van der Waals surface area contributed by atoms with Crippen LogP contribution < -0.4 is 16.4 Å². The molecule has 0 spiro atoms. The number of amides is 2. The van der Waals surface area contributed by atoms with Crippen molar-refractivity contribution < 1.29 is 14.3 Å². The Kier molecular flexibility index (Phi) is 4.45. The van der Waals surface area contributed by atoms with Gasteiger partial charge in [-0.25, -0.2) is 4.79 Å². The van der Waals surface area contributed by atoms with E-state index < -0.39 is 6.09 Å². The van der Waals surface area contributed by atoms with Crippen molar-refractivity contribution in [2.75, 3.05) is 25.5 Å². The lowest BCUT2D eigenvalue weighted by Crippen LogP contribution is -2.28. The largest absolute Gasteiger partial charge is 0.448 e. The molecule has 0 atom stereocenters. The van der Waals surface area contributed by atoms with Crippen LogP contribution >= 0.6 is 11.3 Å². The average molecular weight is 245 g/mol. The smallest absolute Gasteiger partial charge is 0.404 e. The Balaban J connectivity index is 2.32. The van der Waals surface area contributed by atoms with Gasteiger partial charge in [-0.1, -0.05) is 11.3 Å². The van der Waals surface area contributed by atoms with E-state index in [-0.39, 0.29) is 24.1 Å². The minimum Gasteiger partial charge on any atom is -0.448 e. The molecule has 0 aliphatic carbocycles. The third-order valence-corrected chi connectivity index (χ3v) is 2.40. The van der Waals surface area contributed by atoms with Crippen LogP contribution in [0.5, 0.6) is 0 Å². The van der Waals surface area contributed by atoms with Crippen LogP contribution in [0.2, 0.25) is 0 Å². The Labute approximate surface area is 95.2 Å². The Morgan fingerprint density at radius 1 is 1.50 bits per heavy atom. The molecule has 0 aliphatic rings. The summed E-state index contributed by atoms with van der Waals surface area (Å²) in [5.41, 5.74) is 4.74. The SMILES string of the molecule is CNc1nnc(C(=O)NCCOC(N)=O)s1. The van der Waals surface area contributed by atoms with Gasteiger partial charge in [-0.15, -0.1) is 10.2 Å². The number of primary amides is 1. The zero-order valence-corrected chi connectivity index (χ0v) is 9.34. The van der Waals surface area contributed by atoms with Crippen LogP contribution in [0.3, 0.4) is 0 Å². The van der Waals surface area contributed by atoms with Gasteiger partial charge in [0.05, 0.1) is 6.54 Å². The van der Waals surface area contributed by atoms with Gasteiger partial charge < -0.3 is 21.1 Å². The molecule has 16 heavy (non-hydrogen) atoms. The van der Waals surface area contributed by atoms with E-state index in [1.807, 2.05) is 0 Å². The first-order valence-corrected chi connectivity index (χ1v) is 5.17. The van der Waals surface area contributed by atoms with Gasteiger partial charge in [-0.05, 0) is 0 Å². The summed E-state index contributed by atoms with van der Waals surface area (Å²) in [5.74, 6) is -0.368. The first kappa shape index (κ1) is 12.2. The van der Waals surface area contributed by atoms with Crippen molar-refractivity contribution in [2.45, 2.75) is 0 Å². The molecule has 4 N–H and O–H groups in total. The lowest BCUT2D eigenvalue weighted by Gasteiger charge is -2.02. The molecule has 1 aromatic heterocycles. The fourth-order valence-electron chi connectivity index (χ4n) is 0.808. The van der Waals surface area contributed by atoms with Gasteiger partial charge in [0.2, 0.25) is 10.1 Å². The van der Waals surface area contributed by atoms with Crippen LogP contribution in [-0.4, -0.2) is 42.4 Å². The second kappa shape index (κ2) is 5.85. The standard InChI is InChI=1S/C7H11N5O3S/c1-9-7-12-11-5(16-7)4(13)10-2-3-15-6(8)14/h2-3H2,1H3,(H2,8,14)(H,9,12)(H,10,13). The van der Waals surface area contributed by atoms with Gasteiger partial charge in [-0.2, -0.15) is 0 Å². The second-order valence-corrected chi connectivity index (χ2v) is 3.56. The number of nitrogens with two attached hydrogens (primary N) is 1. The van der Waals surface area contributed by atoms with E-state index in [4.69, 9.17) is 5.73 Å². The fourth-order valence-corrected chi connectivity index (χ4v) is 1.42. The number of nitrogens with one attached hydrogen (secondary N) is 2. The number of rotatable bonds is 5. The van der Waals surface area contributed by atoms with E-state index in [2.05, 4.69) is 25.6 Å². The molecule has 0 saturated carbocycles. The van der Waals surface area contributed by atoms with Crippen molar-refractivity contribution >= 4 is 28.5 Å². The lowest BCUT2D eigenvalue weighted by molar-refractivity contribution is 0.0935. The number of carbonyl (C=O) groups is 2. The summed E-state index contributed by atoms with van der Waals surface area (Å²) in [6, 6.07) is 0. The zero-order valence-electron chi connectivity index (χ0n) is 8.52. The topological polar surface area (TPSA) is 119 Å². The number of ether oxygens (including phenoxy) is 1. The summed E-state index contributed by atoms with van der Waals surface area (Å²) in [6.45, 7) is 0.203. The van der Waals surface area contributed by atoms with Crippen molar-refractivity contribution in [1.82, 2.24) is 15.5 Å². The predicted octanol–water partition coefficient (Wildman–Crippen LogP) is -0.595. The highest BCUT2D eigenvalue weighted by molar-refractivity contribution is 7.17. The molecule has 0 aliphatic heterocycles. The van der Waals surface area contributed by atoms with Gasteiger partial charge >= 0.3 is 6.09 Å². The Morgan fingerprint density at radius 2 is 2.25 bits per heavy atom. The molecule has 0 saturated heterocycles. The van der Waals surface area contributed by atoms with Crippen LogP contribution in [0, 0.1) is 0 Å². The number of aromatic nitrogens is 2. The summed E-state index contributed by atoms with van der Waals surface area (Å²) in [5, 5.41) is 13.4. The minimum absolute atomic E-state index is 0.0265. The molecule has 0 bridgehead atoms. The average Bonchev–Trinajstić information content (AvgIpc) is 2.72. The summed E-state index contributed by atoms with van der Waals surface area (Å²) in [4.78, 5) is 21.6. The molecule has 2 amide bonds. The molecule has 0 radical (unpaired) electrons. The van der Waals surface area contributed by atoms with Crippen LogP contribution in [0.15, 0.2) is 0 Å². The van der Waals surface area contributed by atoms with Crippen LogP contribution in [-0.2, 0) is 4.74 Å². The molecule has 0 unspecified atom stereocenters. The van der Waals surface area contributed by atoms with Crippen molar-refractivity contribution in [3.63, 3.8) is 0 Å².